The van der Waals surface area contributed by atoms with E-state index in [1.54, 1.807) is 6.07 Å². The van der Waals surface area contributed by atoms with E-state index in [9.17, 15) is 23.7 Å². The number of nitro benzene ring substituents is 1. The van der Waals surface area contributed by atoms with E-state index in [4.69, 9.17) is 0 Å². The van der Waals surface area contributed by atoms with Gasteiger partial charge in [-0.1, -0.05) is 0 Å². The van der Waals surface area contributed by atoms with Crippen LogP contribution in [0.5, 0.6) is 0 Å². The maximum atomic E-state index is 14.3. The summed E-state index contributed by atoms with van der Waals surface area (Å²) in [5.41, 5.74) is 0.0566. The van der Waals surface area contributed by atoms with Gasteiger partial charge in [-0.15, -0.1) is 0 Å². The SMILES string of the molecule is Cc1c(F)ccc(C(=O)Nc2cc([N+](=O)[O-])ccc2N2CCN(C)CC2)c1F. The maximum Gasteiger partial charge on any atom is 0.271 e. The zero-order chi connectivity index (χ0) is 20.4. The van der Waals surface area contributed by atoms with E-state index >= 15 is 0 Å². The zero-order valence-corrected chi connectivity index (χ0v) is 15.5. The van der Waals surface area contributed by atoms with Crippen molar-refractivity contribution in [1.29, 1.82) is 0 Å². The molecule has 0 spiro atoms. The molecule has 1 fully saturated rings. The monoisotopic (exact) mass is 390 g/mol. The number of carbonyl (C=O) groups excluding carboxylic acids is 1. The lowest BCUT2D eigenvalue weighted by molar-refractivity contribution is -0.384. The molecule has 1 aliphatic heterocycles. The van der Waals surface area contributed by atoms with Crippen LogP contribution in [0.3, 0.4) is 0 Å². The first-order chi connectivity index (χ1) is 13.3. The summed E-state index contributed by atoms with van der Waals surface area (Å²) < 4.78 is 27.8. The molecule has 1 saturated heterocycles. The molecule has 0 atom stereocenters. The first-order valence-corrected chi connectivity index (χ1v) is 8.76. The van der Waals surface area contributed by atoms with Gasteiger partial charge in [0.05, 0.1) is 21.9 Å². The fourth-order valence-corrected chi connectivity index (χ4v) is 3.09. The largest absolute Gasteiger partial charge is 0.367 e. The first-order valence-electron chi connectivity index (χ1n) is 8.76. The van der Waals surface area contributed by atoms with Crippen LogP contribution in [0.1, 0.15) is 15.9 Å². The molecule has 0 radical (unpaired) electrons. The number of piperazine rings is 1. The molecule has 28 heavy (non-hydrogen) atoms. The van der Waals surface area contributed by atoms with Crippen molar-refractivity contribution in [3.63, 3.8) is 0 Å². The van der Waals surface area contributed by atoms with Crippen LogP contribution >= 0.6 is 0 Å². The molecule has 0 saturated carbocycles. The molecule has 0 bridgehead atoms. The third-order valence-corrected chi connectivity index (χ3v) is 4.85. The number of halogens is 2. The second kappa shape index (κ2) is 7.89. The molecule has 1 aliphatic rings. The molecule has 0 unspecified atom stereocenters. The highest BCUT2D eigenvalue weighted by Gasteiger charge is 2.22. The van der Waals surface area contributed by atoms with Gasteiger partial charge in [-0.25, -0.2) is 8.78 Å². The average molecular weight is 390 g/mol. The van der Waals surface area contributed by atoms with Crippen LogP contribution in [0.15, 0.2) is 30.3 Å². The summed E-state index contributed by atoms with van der Waals surface area (Å²) >= 11 is 0. The summed E-state index contributed by atoms with van der Waals surface area (Å²) in [5, 5.41) is 13.7. The predicted molar refractivity (Wildman–Crippen MR) is 102 cm³/mol. The van der Waals surface area contributed by atoms with E-state index < -0.39 is 22.5 Å². The Labute approximate surface area is 160 Å². The number of anilines is 2. The molecule has 7 nitrogen and oxygen atoms in total. The van der Waals surface area contributed by atoms with Crippen LogP contribution < -0.4 is 10.2 Å². The highest BCUT2D eigenvalue weighted by molar-refractivity contribution is 6.06. The molecule has 0 aliphatic carbocycles. The molecular formula is C19H20F2N4O3. The Morgan fingerprint density at radius 3 is 2.46 bits per heavy atom. The van der Waals surface area contributed by atoms with Crippen LogP contribution in [0, 0.1) is 28.7 Å². The third kappa shape index (κ3) is 3.94. The van der Waals surface area contributed by atoms with Gasteiger partial charge in [0.15, 0.2) is 0 Å². The molecule has 2 aromatic rings. The number of likely N-dealkylation sites (N-methyl/N-ethyl adjacent to an activating group) is 1. The van der Waals surface area contributed by atoms with Crippen LogP contribution in [0.4, 0.5) is 25.8 Å². The summed E-state index contributed by atoms with van der Waals surface area (Å²) in [6.45, 7) is 4.21. The zero-order valence-electron chi connectivity index (χ0n) is 15.5. The Hall–Kier alpha value is -3.07. The number of nitrogens with one attached hydrogen (secondary N) is 1. The smallest absolute Gasteiger partial charge is 0.271 e. The van der Waals surface area contributed by atoms with Crippen molar-refractivity contribution in [1.82, 2.24) is 4.90 Å². The maximum absolute atomic E-state index is 14.3. The summed E-state index contributed by atoms with van der Waals surface area (Å²) in [5.74, 6) is -2.50. The van der Waals surface area contributed by atoms with Crippen LogP contribution in [0.25, 0.3) is 0 Å². The number of benzene rings is 2. The lowest BCUT2D eigenvalue weighted by Crippen LogP contribution is -2.44. The Morgan fingerprint density at radius 2 is 1.82 bits per heavy atom. The summed E-state index contributed by atoms with van der Waals surface area (Å²) in [4.78, 5) is 27.3. The highest BCUT2D eigenvalue weighted by atomic mass is 19.1. The number of carbonyl (C=O) groups is 1. The van der Waals surface area contributed by atoms with Crippen molar-refractivity contribution in [3.8, 4) is 0 Å². The molecule has 2 aromatic carbocycles. The van der Waals surface area contributed by atoms with E-state index in [2.05, 4.69) is 10.2 Å². The van der Waals surface area contributed by atoms with Crippen molar-refractivity contribution in [2.45, 2.75) is 6.92 Å². The summed E-state index contributed by atoms with van der Waals surface area (Å²) in [6.07, 6.45) is 0. The number of nitro groups is 1. The van der Waals surface area contributed by atoms with Crippen molar-refractivity contribution < 1.29 is 18.5 Å². The van der Waals surface area contributed by atoms with Crippen molar-refractivity contribution in [3.05, 3.63) is 63.2 Å². The molecule has 3 rings (SSSR count). The van der Waals surface area contributed by atoms with Crippen LogP contribution in [0.2, 0.25) is 0 Å². The van der Waals surface area contributed by atoms with E-state index in [1.807, 2.05) is 11.9 Å². The number of hydrogen-bond acceptors (Lipinski definition) is 5. The van der Waals surface area contributed by atoms with Gasteiger partial charge in [0, 0.05) is 43.9 Å². The average Bonchev–Trinajstić information content (AvgIpc) is 2.67. The Balaban J connectivity index is 1.95. The minimum atomic E-state index is -0.955. The van der Waals surface area contributed by atoms with Gasteiger partial charge in [-0.3, -0.25) is 14.9 Å². The van der Waals surface area contributed by atoms with Crippen molar-refractivity contribution >= 4 is 23.0 Å². The molecule has 1 amide bonds. The number of non-ortho nitro benzene ring substituents is 1. The van der Waals surface area contributed by atoms with Crippen LogP contribution in [-0.4, -0.2) is 49.0 Å². The minimum absolute atomic E-state index is 0.191. The van der Waals surface area contributed by atoms with E-state index in [0.717, 1.165) is 25.2 Å². The standard InChI is InChI=1S/C19H20F2N4O3/c1-12-15(20)5-4-14(18(12)21)19(26)22-16-11-13(25(27)28)3-6-17(16)24-9-7-23(2)8-10-24/h3-6,11H,7-10H2,1-2H3,(H,22,26). The summed E-state index contributed by atoms with van der Waals surface area (Å²) in [7, 11) is 2.00. The van der Waals surface area contributed by atoms with Gasteiger partial charge >= 0.3 is 0 Å². The van der Waals surface area contributed by atoms with Crippen molar-refractivity contribution in [2.75, 3.05) is 43.4 Å². The van der Waals surface area contributed by atoms with Crippen LogP contribution in [-0.2, 0) is 0 Å². The Kier molecular flexibility index (Phi) is 5.55. The molecule has 1 N–H and O–H groups in total. The quantitative estimate of drug-likeness (QED) is 0.641. The van der Waals surface area contributed by atoms with Gasteiger partial charge in [0.25, 0.3) is 11.6 Å². The van der Waals surface area contributed by atoms with Crippen molar-refractivity contribution in [2.24, 2.45) is 0 Å². The molecular weight excluding hydrogens is 370 g/mol. The first kappa shape index (κ1) is 19.7. The Morgan fingerprint density at radius 1 is 1.14 bits per heavy atom. The normalized spacial score (nSPS) is 14.8. The highest BCUT2D eigenvalue weighted by Crippen LogP contribution is 2.31. The summed E-state index contributed by atoms with van der Waals surface area (Å²) in [6, 6.07) is 6.26. The molecule has 1 heterocycles. The number of hydrogen-bond donors (Lipinski definition) is 1. The van der Waals surface area contributed by atoms with Gasteiger partial charge < -0.3 is 15.1 Å². The lowest BCUT2D eigenvalue weighted by Gasteiger charge is -2.35. The second-order valence-corrected chi connectivity index (χ2v) is 6.74. The third-order valence-electron chi connectivity index (χ3n) is 4.85. The molecule has 148 valence electrons. The number of amides is 1. The molecule has 9 heteroatoms. The predicted octanol–water partition coefficient (Wildman–Crippen LogP) is 3.19. The van der Waals surface area contributed by atoms with E-state index in [1.165, 1.54) is 19.1 Å². The van der Waals surface area contributed by atoms with E-state index in [-0.39, 0.29) is 22.5 Å². The van der Waals surface area contributed by atoms with Gasteiger partial charge in [0.2, 0.25) is 0 Å². The van der Waals surface area contributed by atoms with Gasteiger partial charge in [-0.2, -0.15) is 0 Å². The lowest BCUT2D eigenvalue weighted by atomic mass is 10.1. The number of rotatable bonds is 4. The van der Waals surface area contributed by atoms with E-state index in [0.29, 0.717) is 18.8 Å². The van der Waals surface area contributed by atoms with Gasteiger partial charge in [-0.05, 0) is 32.2 Å². The number of nitrogens with zero attached hydrogens (tertiary/aromatic N) is 3. The fourth-order valence-electron chi connectivity index (χ4n) is 3.09. The van der Waals surface area contributed by atoms with Gasteiger partial charge in [0.1, 0.15) is 11.6 Å². The fraction of sp³-hybridized carbons (Fsp3) is 0.316. The molecule has 0 aromatic heterocycles. The minimum Gasteiger partial charge on any atom is -0.367 e. The topological polar surface area (TPSA) is 78.7 Å². The Bertz CT molecular complexity index is 928. The second-order valence-electron chi connectivity index (χ2n) is 6.74.